The average molecular weight is 203 g/mol. The first-order valence-electron chi connectivity index (χ1n) is 5.82. The SMILES string of the molecule is c1cncc(C2CCC3NNCC3C2)c1. The molecule has 3 rings (SSSR count). The highest BCUT2D eigenvalue weighted by Crippen LogP contribution is 2.36. The van der Waals surface area contributed by atoms with Crippen molar-refractivity contribution in [3.63, 3.8) is 0 Å². The van der Waals surface area contributed by atoms with Crippen molar-refractivity contribution >= 4 is 0 Å². The predicted molar refractivity (Wildman–Crippen MR) is 59.2 cm³/mol. The fourth-order valence-corrected chi connectivity index (χ4v) is 2.92. The molecule has 3 nitrogen and oxygen atoms in total. The molecule has 2 aliphatic rings. The first-order chi connectivity index (χ1) is 7.43. The van der Waals surface area contributed by atoms with Crippen LogP contribution in [-0.2, 0) is 0 Å². The van der Waals surface area contributed by atoms with Gasteiger partial charge in [-0.2, -0.15) is 0 Å². The molecule has 3 atom stereocenters. The van der Waals surface area contributed by atoms with Gasteiger partial charge in [0.25, 0.3) is 0 Å². The van der Waals surface area contributed by atoms with E-state index >= 15 is 0 Å². The number of hydrogen-bond acceptors (Lipinski definition) is 3. The van der Waals surface area contributed by atoms with Gasteiger partial charge in [-0.3, -0.25) is 15.8 Å². The molecule has 0 aromatic carbocycles. The Hall–Kier alpha value is -0.930. The highest BCUT2D eigenvalue weighted by Gasteiger charge is 2.34. The van der Waals surface area contributed by atoms with Crippen molar-refractivity contribution < 1.29 is 0 Å². The lowest BCUT2D eigenvalue weighted by molar-refractivity contribution is 0.302. The molecule has 1 saturated carbocycles. The van der Waals surface area contributed by atoms with Crippen LogP contribution in [0, 0.1) is 5.92 Å². The summed E-state index contributed by atoms with van der Waals surface area (Å²) in [6.45, 7) is 1.13. The van der Waals surface area contributed by atoms with Gasteiger partial charge in [0, 0.05) is 25.0 Å². The second-order valence-corrected chi connectivity index (χ2v) is 4.69. The third kappa shape index (κ3) is 1.77. The molecule has 1 aliphatic heterocycles. The zero-order valence-electron chi connectivity index (χ0n) is 8.82. The van der Waals surface area contributed by atoms with Crippen molar-refractivity contribution in [2.45, 2.75) is 31.2 Å². The Morgan fingerprint density at radius 1 is 1.33 bits per heavy atom. The maximum Gasteiger partial charge on any atom is 0.0302 e. The Morgan fingerprint density at radius 2 is 2.33 bits per heavy atom. The normalized spacial score (nSPS) is 35.1. The molecular formula is C12H17N3. The molecule has 80 valence electrons. The number of nitrogens with zero attached hydrogens (tertiary/aromatic N) is 1. The van der Waals surface area contributed by atoms with Crippen molar-refractivity contribution in [1.29, 1.82) is 0 Å². The van der Waals surface area contributed by atoms with Gasteiger partial charge in [0.15, 0.2) is 0 Å². The molecule has 0 bridgehead atoms. The van der Waals surface area contributed by atoms with Crippen LogP contribution >= 0.6 is 0 Å². The monoisotopic (exact) mass is 203 g/mol. The molecule has 2 fully saturated rings. The second kappa shape index (κ2) is 3.91. The second-order valence-electron chi connectivity index (χ2n) is 4.69. The van der Waals surface area contributed by atoms with E-state index in [0.717, 1.165) is 18.4 Å². The summed E-state index contributed by atoms with van der Waals surface area (Å²) >= 11 is 0. The third-order valence-electron chi connectivity index (χ3n) is 3.79. The van der Waals surface area contributed by atoms with Crippen LogP contribution in [-0.4, -0.2) is 17.6 Å². The molecule has 0 radical (unpaired) electrons. The van der Waals surface area contributed by atoms with Crippen LogP contribution in [0.25, 0.3) is 0 Å². The van der Waals surface area contributed by atoms with E-state index in [1.54, 1.807) is 0 Å². The molecule has 2 N–H and O–H groups in total. The summed E-state index contributed by atoms with van der Waals surface area (Å²) in [5.41, 5.74) is 8.05. The highest BCUT2D eigenvalue weighted by atomic mass is 15.4. The van der Waals surface area contributed by atoms with Gasteiger partial charge < -0.3 is 0 Å². The Labute approximate surface area is 90.3 Å². The van der Waals surface area contributed by atoms with Crippen LogP contribution in [0.2, 0.25) is 0 Å². The standard InChI is InChI=1S/C12H17N3/c1-2-10(7-13-5-1)9-3-4-12-11(6-9)8-14-15-12/h1-2,5,7,9,11-12,14-15H,3-4,6,8H2. The van der Waals surface area contributed by atoms with Gasteiger partial charge in [-0.15, -0.1) is 0 Å². The summed E-state index contributed by atoms with van der Waals surface area (Å²) in [5.74, 6) is 1.53. The van der Waals surface area contributed by atoms with E-state index in [1.165, 1.54) is 24.8 Å². The van der Waals surface area contributed by atoms with E-state index in [2.05, 4.69) is 21.9 Å². The first kappa shape index (κ1) is 9.31. The summed E-state index contributed by atoms with van der Waals surface area (Å²) in [6, 6.07) is 4.97. The van der Waals surface area contributed by atoms with E-state index in [1.807, 2.05) is 18.5 Å². The van der Waals surface area contributed by atoms with Crippen LogP contribution in [0.4, 0.5) is 0 Å². The summed E-state index contributed by atoms with van der Waals surface area (Å²) in [4.78, 5) is 4.21. The molecule has 2 heterocycles. The molecule has 0 amide bonds. The topological polar surface area (TPSA) is 37.0 Å². The lowest BCUT2D eigenvalue weighted by Crippen LogP contribution is -2.34. The van der Waals surface area contributed by atoms with Gasteiger partial charge in [-0.1, -0.05) is 6.07 Å². The average Bonchev–Trinajstić information content (AvgIpc) is 2.77. The zero-order valence-corrected chi connectivity index (χ0v) is 8.82. The van der Waals surface area contributed by atoms with Crippen LogP contribution in [0.15, 0.2) is 24.5 Å². The number of aromatic nitrogens is 1. The molecule has 1 aliphatic carbocycles. The lowest BCUT2D eigenvalue weighted by Gasteiger charge is -2.30. The van der Waals surface area contributed by atoms with Crippen LogP contribution in [0.5, 0.6) is 0 Å². The zero-order chi connectivity index (χ0) is 10.1. The molecule has 1 aromatic heterocycles. The van der Waals surface area contributed by atoms with Gasteiger partial charge in [0.2, 0.25) is 0 Å². The quantitative estimate of drug-likeness (QED) is 0.725. The molecule has 3 heteroatoms. The molecular weight excluding hydrogens is 186 g/mol. The summed E-state index contributed by atoms with van der Waals surface area (Å²) < 4.78 is 0. The number of hydrogen-bond donors (Lipinski definition) is 2. The van der Waals surface area contributed by atoms with E-state index in [4.69, 9.17) is 0 Å². The molecule has 1 aromatic rings. The number of nitrogens with one attached hydrogen (secondary N) is 2. The molecule has 0 spiro atoms. The van der Waals surface area contributed by atoms with E-state index in [-0.39, 0.29) is 0 Å². The van der Waals surface area contributed by atoms with Crippen molar-refractivity contribution in [3.8, 4) is 0 Å². The Balaban J connectivity index is 1.74. The van der Waals surface area contributed by atoms with Gasteiger partial charge >= 0.3 is 0 Å². The Morgan fingerprint density at radius 3 is 3.20 bits per heavy atom. The van der Waals surface area contributed by atoms with Gasteiger partial charge in [0.05, 0.1) is 0 Å². The van der Waals surface area contributed by atoms with Crippen molar-refractivity contribution in [1.82, 2.24) is 15.8 Å². The van der Waals surface area contributed by atoms with Crippen LogP contribution in [0.1, 0.15) is 30.7 Å². The lowest BCUT2D eigenvalue weighted by atomic mass is 9.76. The minimum Gasteiger partial charge on any atom is -0.264 e. The molecule has 3 unspecified atom stereocenters. The highest BCUT2D eigenvalue weighted by molar-refractivity contribution is 5.16. The summed E-state index contributed by atoms with van der Waals surface area (Å²) in [5, 5.41) is 0. The molecule has 1 saturated heterocycles. The maximum absolute atomic E-state index is 4.21. The predicted octanol–water partition coefficient (Wildman–Crippen LogP) is 1.44. The van der Waals surface area contributed by atoms with Crippen molar-refractivity contribution in [3.05, 3.63) is 30.1 Å². The minimum atomic E-state index is 0.706. The number of rotatable bonds is 1. The van der Waals surface area contributed by atoms with E-state index in [9.17, 15) is 0 Å². The first-order valence-corrected chi connectivity index (χ1v) is 5.82. The third-order valence-corrected chi connectivity index (χ3v) is 3.79. The summed E-state index contributed by atoms with van der Waals surface area (Å²) in [6.07, 6.45) is 7.77. The summed E-state index contributed by atoms with van der Waals surface area (Å²) in [7, 11) is 0. The fourth-order valence-electron chi connectivity index (χ4n) is 2.92. The van der Waals surface area contributed by atoms with Gasteiger partial charge in [0.1, 0.15) is 0 Å². The van der Waals surface area contributed by atoms with Gasteiger partial charge in [-0.25, -0.2) is 0 Å². The van der Waals surface area contributed by atoms with Crippen molar-refractivity contribution in [2.24, 2.45) is 5.92 Å². The minimum absolute atomic E-state index is 0.706. The largest absolute Gasteiger partial charge is 0.264 e. The van der Waals surface area contributed by atoms with Crippen LogP contribution < -0.4 is 10.9 Å². The fraction of sp³-hybridized carbons (Fsp3) is 0.583. The number of hydrazine groups is 1. The Bertz CT molecular complexity index is 325. The maximum atomic E-state index is 4.21. The smallest absolute Gasteiger partial charge is 0.0302 e. The number of pyridine rings is 1. The van der Waals surface area contributed by atoms with Crippen LogP contribution in [0.3, 0.4) is 0 Å². The van der Waals surface area contributed by atoms with Crippen molar-refractivity contribution in [2.75, 3.05) is 6.54 Å². The van der Waals surface area contributed by atoms with E-state index < -0.39 is 0 Å². The van der Waals surface area contributed by atoms with Gasteiger partial charge in [-0.05, 0) is 42.7 Å². The Kier molecular flexibility index (Phi) is 2.43. The molecule has 15 heavy (non-hydrogen) atoms. The number of fused-ring (bicyclic) bond motifs is 1. The van der Waals surface area contributed by atoms with E-state index in [0.29, 0.717) is 6.04 Å².